The smallest absolute Gasteiger partial charge is 0.410 e. The van der Waals surface area contributed by atoms with E-state index in [0.717, 1.165) is 27.8 Å². The number of aromatic nitrogens is 1. The van der Waals surface area contributed by atoms with Gasteiger partial charge in [-0.15, -0.1) is 0 Å². The molecule has 0 unspecified atom stereocenters. The molecule has 1 aliphatic heterocycles. The van der Waals surface area contributed by atoms with Crippen LogP contribution < -0.4 is 0 Å². The van der Waals surface area contributed by atoms with Crippen molar-refractivity contribution in [2.45, 2.75) is 19.9 Å². The summed E-state index contributed by atoms with van der Waals surface area (Å²) in [6.07, 6.45) is 0.183. The number of hydrogen-bond acceptors (Lipinski definition) is 4. The number of carbonyl (C=O) groups is 1. The van der Waals surface area contributed by atoms with Gasteiger partial charge in [-0.2, -0.15) is 0 Å². The number of nitrogens with zero attached hydrogens (tertiary/aromatic N) is 3. The average Bonchev–Trinajstić information content (AvgIpc) is 3.01. The molecule has 0 saturated carbocycles. The van der Waals surface area contributed by atoms with Crippen LogP contribution >= 0.6 is 0 Å². The number of nitro benzene ring substituents is 1. The van der Waals surface area contributed by atoms with Crippen molar-refractivity contribution in [1.29, 1.82) is 0 Å². The third kappa shape index (κ3) is 2.96. The Morgan fingerprint density at radius 1 is 1.25 bits per heavy atom. The lowest BCUT2D eigenvalue weighted by Gasteiger charge is -2.27. The van der Waals surface area contributed by atoms with Gasteiger partial charge in [-0.25, -0.2) is 9.18 Å². The van der Waals surface area contributed by atoms with Crippen LogP contribution in [0.3, 0.4) is 0 Å². The molecule has 1 aromatic heterocycles. The van der Waals surface area contributed by atoms with Gasteiger partial charge in [-0.3, -0.25) is 10.1 Å². The predicted octanol–water partition coefficient (Wildman–Crippen LogP) is 4.19. The molecule has 0 aliphatic carbocycles. The molecule has 0 bridgehead atoms. The highest BCUT2D eigenvalue weighted by atomic mass is 19.1. The maximum atomic E-state index is 13.9. The van der Waals surface area contributed by atoms with Gasteiger partial charge in [0.2, 0.25) is 0 Å². The summed E-state index contributed by atoms with van der Waals surface area (Å²) in [6, 6.07) is 10.8. The topological polar surface area (TPSA) is 77.6 Å². The number of hydrogen-bond donors (Lipinski definition) is 0. The van der Waals surface area contributed by atoms with Crippen LogP contribution in [0.15, 0.2) is 42.5 Å². The maximum Gasteiger partial charge on any atom is 0.410 e. The van der Waals surface area contributed by atoms with E-state index in [4.69, 9.17) is 4.74 Å². The molecule has 7 nitrogen and oxygen atoms in total. The zero-order chi connectivity index (χ0) is 19.8. The SMILES string of the molecule is CCOC(=O)N1CCc2c(c3cc(F)ccc3n2-c2ccc([N+](=O)[O-])cc2)C1. The molecule has 2 aromatic carbocycles. The molecular formula is C20H18FN3O4. The maximum absolute atomic E-state index is 13.9. The minimum Gasteiger partial charge on any atom is -0.450 e. The second kappa shape index (κ2) is 6.95. The van der Waals surface area contributed by atoms with Gasteiger partial charge in [-0.1, -0.05) is 0 Å². The Balaban J connectivity index is 1.85. The Labute approximate surface area is 160 Å². The minimum absolute atomic E-state index is 0.00797. The molecule has 8 heteroatoms. The van der Waals surface area contributed by atoms with Crippen LogP contribution in [0.4, 0.5) is 14.9 Å². The number of nitro groups is 1. The predicted molar refractivity (Wildman–Crippen MR) is 101 cm³/mol. The third-order valence-electron chi connectivity index (χ3n) is 4.96. The lowest BCUT2D eigenvalue weighted by atomic mass is 10.0. The number of carbonyl (C=O) groups excluding carboxylic acids is 1. The molecule has 1 amide bonds. The van der Waals surface area contributed by atoms with E-state index in [2.05, 4.69) is 0 Å². The van der Waals surface area contributed by atoms with Crippen molar-refractivity contribution >= 4 is 22.7 Å². The van der Waals surface area contributed by atoms with Gasteiger partial charge in [0.25, 0.3) is 5.69 Å². The summed E-state index contributed by atoms with van der Waals surface area (Å²) in [4.78, 5) is 24.3. The number of fused-ring (bicyclic) bond motifs is 3. The highest BCUT2D eigenvalue weighted by Crippen LogP contribution is 2.34. The molecule has 0 fully saturated rings. The molecule has 0 saturated heterocycles. The zero-order valence-electron chi connectivity index (χ0n) is 15.2. The third-order valence-corrected chi connectivity index (χ3v) is 4.96. The van der Waals surface area contributed by atoms with E-state index >= 15 is 0 Å². The number of rotatable bonds is 3. The van der Waals surface area contributed by atoms with Gasteiger partial charge >= 0.3 is 6.09 Å². The molecule has 4 rings (SSSR count). The standard InChI is InChI=1S/C20H18FN3O4/c1-2-28-20(25)22-10-9-19-17(12-22)16-11-13(21)3-8-18(16)23(19)14-4-6-15(7-5-14)24(26)27/h3-8,11H,2,9-10,12H2,1H3. The lowest BCUT2D eigenvalue weighted by Crippen LogP contribution is -2.36. The first-order valence-corrected chi connectivity index (χ1v) is 8.98. The van der Waals surface area contributed by atoms with Crippen molar-refractivity contribution in [2.75, 3.05) is 13.2 Å². The summed E-state index contributed by atoms with van der Waals surface area (Å²) in [5.74, 6) is -0.357. The van der Waals surface area contributed by atoms with Crippen LogP contribution in [0, 0.1) is 15.9 Å². The Hall–Kier alpha value is -3.42. The monoisotopic (exact) mass is 383 g/mol. The van der Waals surface area contributed by atoms with Crippen LogP contribution in [-0.4, -0.2) is 33.6 Å². The van der Waals surface area contributed by atoms with Crippen LogP contribution in [0.25, 0.3) is 16.6 Å². The average molecular weight is 383 g/mol. The number of amides is 1. The van der Waals surface area contributed by atoms with Crippen LogP contribution in [-0.2, 0) is 17.7 Å². The minimum atomic E-state index is -0.445. The summed E-state index contributed by atoms with van der Waals surface area (Å²) in [7, 11) is 0. The van der Waals surface area contributed by atoms with Crippen molar-refractivity contribution in [3.8, 4) is 5.69 Å². The Morgan fingerprint density at radius 3 is 2.68 bits per heavy atom. The second-order valence-corrected chi connectivity index (χ2v) is 6.57. The molecule has 0 N–H and O–H groups in total. The van der Waals surface area contributed by atoms with Crippen LogP contribution in [0.2, 0.25) is 0 Å². The van der Waals surface area contributed by atoms with Gasteiger partial charge in [0.1, 0.15) is 5.82 Å². The van der Waals surface area contributed by atoms with E-state index in [9.17, 15) is 19.3 Å². The lowest BCUT2D eigenvalue weighted by molar-refractivity contribution is -0.384. The zero-order valence-corrected chi connectivity index (χ0v) is 15.2. The first kappa shape index (κ1) is 18.0. The van der Waals surface area contributed by atoms with E-state index in [0.29, 0.717) is 26.1 Å². The number of ether oxygens (including phenoxy) is 1. The second-order valence-electron chi connectivity index (χ2n) is 6.57. The van der Waals surface area contributed by atoms with Gasteiger partial charge in [-0.05, 0) is 37.3 Å². The Morgan fingerprint density at radius 2 is 2.00 bits per heavy atom. The summed E-state index contributed by atoms with van der Waals surface area (Å²) in [5, 5.41) is 11.7. The van der Waals surface area contributed by atoms with Crippen LogP contribution in [0.1, 0.15) is 18.2 Å². The van der Waals surface area contributed by atoms with Crippen molar-refractivity contribution in [2.24, 2.45) is 0 Å². The molecule has 28 heavy (non-hydrogen) atoms. The quantitative estimate of drug-likeness (QED) is 0.502. The normalized spacial score (nSPS) is 13.4. The van der Waals surface area contributed by atoms with Crippen molar-refractivity contribution in [1.82, 2.24) is 9.47 Å². The van der Waals surface area contributed by atoms with Gasteiger partial charge in [0.15, 0.2) is 0 Å². The molecule has 0 atom stereocenters. The summed E-state index contributed by atoms with van der Waals surface area (Å²) >= 11 is 0. The van der Waals surface area contributed by atoms with Gasteiger partial charge in [0, 0.05) is 47.4 Å². The van der Waals surface area contributed by atoms with E-state index in [1.807, 2.05) is 4.57 Å². The number of non-ortho nitro benzene ring substituents is 1. The fourth-order valence-electron chi connectivity index (χ4n) is 3.72. The molecule has 0 radical (unpaired) electrons. The summed E-state index contributed by atoms with van der Waals surface area (Å²) < 4.78 is 21.0. The van der Waals surface area contributed by atoms with Gasteiger partial charge < -0.3 is 14.2 Å². The first-order chi connectivity index (χ1) is 13.5. The van der Waals surface area contributed by atoms with Crippen molar-refractivity contribution in [3.63, 3.8) is 0 Å². The highest BCUT2D eigenvalue weighted by molar-refractivity contribution is 5.88. The summed E-state index contributed by atoms with van der Waals surface area (Å²) in [5.41, 5.74) is 3.40. The van der Waals surface area contributed by atoms with Crippen molar-refractivity contribution in [3.05, 3.63) is 69.7 Å². The fourth-order valence-corrected chi connectivity index (χ4v) is 3.72. The van der Waals surface area contributed by atoms with E-state index < -0.39 is 4.92 Å². The highest BCUT2D eigenvalue weighted by Gasteiger charge is 2.28. The molecular weight excluding hydrogens is 365 g/mol. The fraction of sp³-hybridized carbons (Fsp3) is 0.250. The van der Waals surface area contributed by atoms with Crippen molar-refractivity contribution < 1.29 is 18.8 Å². The molecule has 1 aliphatic rings. The van der Waals surface area contributed by atoms with E-state index in [1.54, 1.807) is 30.0 Å². The van der Waals surface area contributed by atoms with E-state index in [-0.39, 0.29) is 17.6 Å². The first-order valence-electron chi connectivity index (χ1n) is 8.98. The molecule has 2 heterocycles. The summed E-state index contributed by atoms with van der Waals surface area (Å²) in [6.45, 7) is 2.86. The largest absolute Gasteiger partial charge is 0.450 e. The Kier molecular flexibility index (Phi) is 4.46. The Bertz CT molecular complexity index is 1080. The number of halogens is 1. The van der Waals surface area contributed by atoms with Crippen LogP contribution in [0.5, 0.6) is 0 Å². The van der Waals surface area contributed by atoms with Gasteiger partial charge in [0.05, 0.1) is 23.6 Å². The molecule has 3 aromatic rings. The van der Waals surface area contributed by atoms with E-state index in [1.165, 1.54) is 24.3 Å². The number of benzene rings is 2. The molecule has 0 spiro atoms. The molecule has 144 valence electrons.